The van der Waals surface area contributed by atoms with E-state index in [0.29, 0.717) is 5.78 Å². The van der Waals surface area contributed by atoms with E-state index in [1.165, 1.54) is 25.8 Å². The van der Waals surface area contributed by atoms with Crippen LogP contribution >= 0.6 is 0 Å². The van der Waals surface area contributed by atoms with Crippen molar-refractivity contribution >= 4 is 5.78 Å². The van der Waals surface area contributed by atoms with Gasteiger partial charge in [-0.05, 0) is 32.2 Å². The molecule has 1 aliphatic rings. The van der Waals surface area contributed by atoms with Crippen LogP contribution < -0.4 is 0 Å². The van der Waals surface area contributed by atoms with Crippen molar-refractivity contribution in [2.45, 2.75) is 47.0 Å². The molecule has 15 heavy (non-hydrogen) atoms. The van der Waals surface area contributed by atoms with Gasteiger partial charge in [0, 0.05) is 18.5 Å². The summed E-state index contributed by atoms with van der Waals surface area (Å²) in [6, 6.07) is 0. The summed E-state index contributed by atoms with van der Waals surface area (Å²) in [6.07, 6.45) is 4.17. The molecule has 0 saturated heterocycles. The van der Waals surface area contributed by atoms with Gasteiger partial charge in [-0.25, -0.2) is 0 Å². The molecule has 1 fully saturated rings. The molecule has 0 atom stereocenters. The highest BCUT2D eigenvalue weighted by atomic mass is 16.1. The molecule has 88 valence electrons. The van der Waals surface area contributed by atoms with Crippen molar-refractivity contribution in [2.24, 2.45) is 11.3 Å². The molecule has 1 aliphatic carbocycles. The second kappa shape index (κ2) is 5.11. The predicted molar refractivity (Wildman–Crippen MR) is 63.9 cm³/mol. The summed E-state index contributed by atoms with van der Waals surface area (Å²) in [5.41, 5.74) is -0.181. The van der Waals surface area contributed by atoms with E-state index in [1.54, 1.807) is 6.92 Å². The molecule has 1 rings (SSSR count). The van der Waals surface area contributed by atoms with Gasteiger partial charge in [-0.2, -0.15) is 0 Å². The van der Waals surface area contributed by atoms with Crippen molar-refractivity contribution in [2.75, 3.05) is 19.6 Å². The lowest BCUT2D eigenvalue weighted by Crippen LogP contribution is -2.41. The van der Waals surface area contributed by atoms with Gasteiger partial charge >= 0.3 is 0 Å². The SMILES string of the molecule is CCN(CC1CCC1)CC(C)(C)C(C)=O. The molecule has 0 aromatic rings. The van der Waals surface area contributed by atoms with Gasteiger partial charge in [0.25, 0.3) is 0 Å². The summed E-state index contributed by atoms with van der Waals surface area (Å²) in [6.45, 7) is 11.2. The van der Waals surface area contributed by atoms with Gasteiger partial charge in [0.1, 0.15) is 5.78 Å². The van der Waals surface area contributed by atoms with Crippen LogP contribution in [0.5, 0.6) is 0 Å². The Morgan fingerprint density at radius 2 is 2.00 bits per heavy atom. The second-order valence-corrected chi connectivity index (χ2v) is 5.56. The van der Waals surface area contributed by atoms with Gasteiger partial charge in [0.15, 0.2) is 0 Å². The van der Waals surface area contributed by atoms with E-state index < -0.39 is 0 Å². The summed E-state index contributed by atoms with van der Waals surface area (Å²) < 4.78 is 0. The minimum Gasteiger partial charge on any atom is -0.302 e. The summed E-state index contributed by atoms with van der Waals surface area (Å²) >= 11 is 0. The van der Waals surface area contributed by atoms with Gasteiger partial charge in [0.2, 0.25) is 0 Å². The molecule has 0 aliphatic heterocycles. The fourth-order valence-electron chi connectivity index (χ4n) is 2.02. The number of ketones is 1. The number of carbonyl (C=O) groups is 1. The molecule has 0 spiro atoms. The maximum absolute atomic E-state index is 11.5. The Hall–Kier alpha value is -0.370. The predicted octanol–water partition coefficient (Wildman–Crippen LogP) is 2.72. The largest absolute Gasteiger partial charge is 0.302 e. The van der Waals surface area contributed by atoms with Gasteiger partial charge < -0.3 is 4.90 Å². The Morgan fingerprint density at radius 3 is 2.33 bits per heavy atom. The molecule has 0 aromatic carbocycles. The Bertz CT molecular complexity index is 219. The fourth-order valence-corrected chi connectivity index (χ4v) is 2.02. The van der Waals surface area contributed by atoms with Gasteiger partial charge in [-0.3, -0.25) is 4.79 Å². The lowest BCUT2D eigenvalue weighted by atomic mass is 9.83. The van der Waals surface area contributed by atoms with Crippen molar-refractivity contribution in [3.8, 4) is 0 Å². The number of nitrogens with zero attached hydrogens (tertiary/aromatic N) is 1. The molecular formula is C13H25NO. The third kappa shape index (κ3) is 3.60. The smallest absolute Gasteiger partial charge is 0.136 e. The molecule has 2 heteroatoms. The third-order valence-electron chi connectivity index (χ3n) is 3.76. The van der Waals surface area contributed by atoms with Crippen LogP contribution in [0.15, 0.2) is 0 Å². The zero-order valence-electron chi connectivity index (χ0n) is 10.7. The summed E-state index contributed by atoms with van der Waals surface area (Å²) in [7, 11) is 0. The standard InChI is InChI=1S/C13H25NO/c1-5-14(9-12-7-6-8-12)10-13(3,4)11(2)15/h12H,5-10H2,1-4H3. The summed E-state index contributed by atoms with van der Waals surface area (Å²) in [5.74, 6) is 1.20. The normalized spacial score (nSPS) is 17.9. The molecule has 0 unspecified atom stereocenters. The van der Waals surface area contributed by atoms with Crippen LogP contribution in [0.1, 0.15) is 47.0 Å². The van der Waals surface area contributed by atoms with Crippen LogP contribution in [0.25, 0.3) is 0 Å². The number of hydrogen-bond donors (Lipinski definition) is 0. The first-order chi connectivity index (χ1) is 6.95. The summed E-state index contributed by atoms with van der Waals surface area (Å²) in [4.78, 5) is 13.9. The van der Waals surface area contributed by atoms with E-state index in [4.69, 9.17) is 0 Å². The molecule has 0 heterocycles. The number of Topliss-reactive ketones (excluding diaryl/α,β-unsaturated/α-hetero) is 1. The van der Waals surface area contributed by atoms with Crippen LogP contribution in [0.3, 0.4) is 0 Å². The minimum absolute atomic E-state index is 0.181. The van der Waals surface area contributed by atoms with Gasteiger partial charge in [-0.15, -0.1) is 0 Å². The molecule has 1 saturated carbocycles. The first kappa shape index (κ1) is 12.7. The molecular weight excluding hydrogens is 186 g/mol. The Morgan fingerprint density at radius 1 is 1.40 bits per heavy atom. The Kier molecular flexibility index (Phi) is 4.32. The number of hydrogen-bond acceptors (Lipinski definition) is 2. The van der Waals surface area contributed by atoms with Crippen molar-refractivity contribution in [3.05, 3.63) is 0 Å². The second-order valence-electron chi connectivity index (χ2n) is 5.56. The highest BCUT2D eigenvalue weighted by Gasteiger charge is 2.28. The monoisotopic (exact) mass is 211 g/mol. The average Bonchev–Trinajstić information content (AvgIpc) is 2.08. The van der Waals surface area contributed by atoms with E-state index in [9.17, 15) is 4.79 Å². The first-order valence-electron chi connectivity index (χ1n) is 6.19. The quantitative estimate of drug-likeness (QED) is 0.673. The zero-order chi connectivity index (χ0) is 11.5. The van der Waals surface area contributed by atoms with Crippen LogP contribution in [-0.2, 0) is 4.79 Å². The topological polar surface area (TPSA) is 20.3 Å². The van der Waals surface area contributed by atoms with E-state index >= 15 is 0 Å². The maximum Gasteiger partial charge on any atom is 0.136 e. The van der Waals surface area contributed by atoms with E-state index in [0.717, 1.165) is 19.0 Å². The maximum atomic E-state index is 11.5. The molecule has 0 bridgehead atoms. The van der Waals surface area contributed by atoms with Crippen LogP contribution in [0.4, 0.5) is 0 Å². The third-order valence-corrected chi connectivity index (χ3v) is 3.76. The van der Waals surface area contributed by atoms with Crippen molar-refractivity contribution in [3.63, 3.8) is 0 Å². The fraction of sp³-hybridized carbons (Fsp3) is 0.923. The number of carbonyl (C=O) groups excluding carboxylic acids is 1. The molecule has 2 nitrogen and oxygen atoms in total. The van der Waals surface area contributed by atoms with E-state index in [2.05, 4.69) is 25.7 Å². The zero-order valence-corrected chi connectivity index (χ0v) is 10.7. The van der Waals surface area contributed by atoms with Gasteiger partial charge in [0.05, 0.1) is 0 Å². The number of rotatable bonds is 6. The lowest BCUT2D eigenvalue weighted by Gasteiger charge is -2.35. The highest BCUT2D eigenvalue weighted by Crippen LogP contribution is 2.28. The molecule has 0 N–H and O–H groups in total. The highest BCUT2D eigenvalue weighted by molar-refractivity contribution is 5.81. The van der Waals surface area contributed by atoms with Crippen molar-refractivity contribution in [1.29, 1.82) is 0 Å². The average molecular weight is 211 g/mol. The lowest BCUT2D eigenvalue weighted by molar-refractivity contribution is -0.125. The van der Waals surface area contributed by atoms with Crippen LogP contribution in [0, 0.1) is 11.3 Å². The van der Waals surface area contributed by atoms with Crippen molar-refractivity contribution < 1.29 is 4.79 Å². The van der Waals surface area contributed by atoms with Crippen LogP contribution in [0.2, 0.25) is 0 Å². The minimum atomic E-state index is -0.181. The Balaban J connectivity index is 2.40. The Labute approximate surface area is 94.0 Å². The van der Waals surface area contributed by atoms with E-state index in [-0.39, 0.29) is 5.41 Å². The first-order valence-corrected chi connectivity index (χ1v) is 6.19. The van der Waals surface area contributed by atoms with Gasteiger partial charge in [-0.1, -0.05) is 27.2 Å². The van der Waals surface area contributed by atoms with Crippen molar-refractivity contribution in [1.82, 2.24) is 4.90 Å². The molecule has 0 aromatic heterocycles. The summed E-state index contributed by atoms with van der Waals surface area (Å²) in [5, 5.41) is 0. The van der Waals surface area contributed by atoms with Crippen LogP contribution in [-0.4, -0.2) is 30.3 Å². The van der Waals surface area contributed by atoms with E-state index in [1.807, 2.05) is 0 Å². The molecule has 0 amide bonds. The molecule has 0 radical (unpaired) electrons.